The van der Waals surface area contributed by atoms with Crippen LogP contribution in [-0.4, -0.2) is 54.6 Å². The molecule has 1 rings (SSSR count). The SMILES string of the molecule is COC(=O)[C@H](CCCCNC(=O)CCCc1ccc(I)cc1)NC(=O)[C@@H](N)CCC(=O)O. The first-order valence-corrected chi connectivity index (χ1v) is 11.7. The van der Waals surface area contributed by atoms with Crippen molar-refractivity contribution in [1.82, 2.24) is 10.6 Å². The molecule has 1 aromatic rings. The molecule has 1 aromatic carbocycles. The van der Waals surface area contributed by atoms with E-state index >= 15 is 0 Å². The van der Waals surface area contributed by atoms with Crippen molar-refractivity contribution in [2.45, 2.75) is 63.5 Å². The van der Waals surface area contributed by atoms with E-state index in [4.69, 9.17) is 15.6 Å². The number of ether oxygens (including phenoxy) is 1. The van der Waals surface area contributed by atoms with Crippen LogP contribution in [0.3, 0.4) is 0 Å². The molecular formula is C22H32IN3O6. The average molecular weight is 561 g/mol. The Balaban J connectivity index is 2.26. The van der Waals surface area contributed by atoms with E-state index in [1.54, 1.807) is 0 Å². The first-order valence-electron chi connectivity index (χ1n) is 10.6. The van der Waals surface area contributed by atoms with Gasteiger partial charge in [0.1, 0.15) is 6.04 Å². The van der Waals surface area contributed by atoms with Crippen LogP contribution in [-0.2, 0) is 30.3 Å². The molecule has 0 aromatic heterocycles. The maximum Gasteiger partial charge on any atom is 0.328 e. The number of carboxylic acids is 1. The van der Waals surface area contributed by atoms with E-state index in [1.807, 2.05) is 12.1 Å². The van der Waals surface area contributed by atoms with Crippen LogP contribution in [0.1, 0.15) is 50.5 Å². The maximum atomic E-state index is 12.1. The minimum Gasteiger partial charge on any atom is -0.481 e. The van der Waals surface area contributed by atoms with Gasteiger partial charge in [-0.3, -0.25) is 14.4 Å². The van der Waals surface area contributed by atoms with Gasteiger partial charge in [0.25, 0.3) is 0 Å². The number of methoxy groups -OCH3 is 1. The second-order valence-electron chi connectivity index (χ2n) is 7.45. The number of rotatable bonds is 15. The van der Waals surface area contributed by atoms with Crippen molar-refractivity contribution in [2.24, 2.45) is 5.73 Å². The number of unbranched alkanes of at least 4 members (excludes halogenated alkanes) is 1. The molecule has 5 N–H and O–H groups in total. The van der Waals surface area contributed by atoms with Gasteiger partial charge in [-0.15, -0.1) is 0 Å². The number of benzene rings is 1. The Morgan fingerprint density at radius 2 is 1.75 bits per heavy atom. The van der Waals surface area contributed by atoms with Crippen LogP contribution in [0.15, 0.2) is 24.3 Å². The first-order chi connectivity index (χ1) is 15.2. The molecule has 178 valence electrons. The number of amides is 2. The van der Waals surface area contributed by atoms with E-state index in [-0.39, 0.29) is 18.7 Å². The maximum absolute atomic E-state index is 12.1. The van der Waals surface area contributed by atoms with Gasteiger partial charge >= 0.3 is 11.9 Å². The topological polar surface area (TPSA) is 148 Å². The summed E-state index contributed by atoms with van der Waals surface area (Å²) in [6.45, 7) is 0.475. The molecule has 0 unspecified atom stereocenters. The van der Waals surface area contributed by atoms with Crippen molar-refractivity contribution >= 4 is 46.3 Å². The summed E-state index contributed by atoms with van der Waals surface area (Å²) in [7, 11) is 1.22. The zero-order valence-electron chi connectivity index (χ0n) is 18.3. The predicted molar refractivity (Wildman–Crippen MR) is 128 cm³/mol. The molecule has 0 fully saturated rings. The monoisotopic (exact) mass is 561 g/mol. The Labute approximate surface area is 202 Å². The summed E-state index contributed by atoms with van der Waals surface area (Å²) in [4.78, 5) is 46.6. The normalized spacial score (nSPS) is 12.5. The van der Waals surface area contributed by atoms with Gasteiger partial charge in [-0.25, -0.2) is 4.79 Å². The summed E-state index contributed by atoms with van der Waals surface area (Å²) in [5.41, 5.74) is 6.88. The number of hydrogen-bond donors (Lipinski definition) is 4. The summed E-state index contributed by atoms with van der Waals surface area (Å²) < 4.78 is 5.89. The molecule has 0 saturated carbocycles. The molecule has 0 bridgehead atoms. The van der Waals surface area contributed by atoms with Crippen LogP contribution in [0.5, 0.6) is 0 Å². The van der Waals surface area contributed by atoms with Crippen molar-refractivity contribution < 1.29 is 29.0 Å². The molecular weight excluding hydrogens is 529 g/mol. The van der Waals surface area contributed by atoms with E-state index in [9.17, 15) is 19.2 Å². The fourth-order valence-electron chi connectivity index (χ4n) is 2.97. The van der Waals surface area contributed by atoms with Crippen LogP contribution < -0.4 is 16.4 Å². The third kappa shape index (κ3) is 12.0. The van der Waals surface area contributed by atoms with Gasteiger partial charge in [0.15, 0.2) is 0 Å². The zero-order valence-corrected chi connectivity index (χ0v) is 20.4. The summed E-state index contributed by atoms with van der Waals surface area (Å²) in [5, 5.41) is 14.1. The molecule has 10 heteroatoms. The van der Waals surface area contributed by atoms with Crippen molar-refractivity contribution in [3.05, 3.63) is 33.4 Å². The third-order valence-corrected chi connectivity index (χ3v) is 5.55. The van der Waals surface area contributed by atoms with Gasteiger partial charge in [-0.2, -0.15) is 0 Å². The molecule has 9 nitrogen and oxygen atoms in total. The summed E-state index contributed by atoms with van der Waals surface area (Å²) in [6.07, 6.45) is 3.34. The van der Waals surface area contributed by atoms with Gasteiger partial charge in [-0.05, 0) is 78.8 Å². The first kappa shape index (κ1) is 27.8. The minimum atomic E-state index is -1.05. The van der Waals surface area contributed by atoms with Crippen molar-refractivity contribution in [1.29, 1.82) is 0 Å². The Bertz CT molecular complexity index is 757. The van der Waals surface area contributed by atoms with E-state index < -0.39 is 29.9 Å². The van der Waals surface area contributed by atoms with E-state index in [0.29, 0.717) is 32.2 Å². The van der Waals surface area contributed by atoms with Crippen LogP contribution in [0.25, 0.3) is 0 Å². The number of nitrogens with two attached hydrogens (primary N) is 1. The molecule has 0 spiro atoms. The Hall–Kier alpha value is -2.21. The summed E-state index contributed by atoms with van der Waals surface area (Å²) >= 11 is 2.25. The number of halogens is 1. The number of aryl methyl sites for hydroxylation is 1. The number of carbonyl (C=O) groups is 4. The van der Waals surface area contributed by atoms with Crippen LogP contribution in [0, 0.1) is 3.57 Å². The zero-order chi connectivity index (χ0) is 23.9. The Morgan fingerprint density at radius 1 is 1.06 bits per heavy atom. The number of nitrogens with one attached hydrogen (secondary N) is 2. The molecule has 0 radical (unpaired) electrons. The number of esters is 1. The number of aliphatic carboxylic acids is 1. The van der Waals surface area contributed by atoms with Crippen LogP contribution in [0.2, 0.25) is 0 Å². The van der Waals surface area contributed by atoms with E-state index in [0.717, 1.165) is 12.8 Å². The largest absolute Gasteiger partial charge is 0.481 e. The van der Waals surface area contributed by atoms with Gasteiger partial charge in [0.05, 0.1) is 13.2 Å². The van der Waals surface area contributed by atoms with Gasteiger partial charge in [-0.1, -0.05) is 12.1 Å². The molecule has 0 aliphatic heterocycles. The fraction of sp³-hybridized carbons (Fsp3) is 0.545. The molecule has 2 amide bonds. The van der Waals surface area contributed by atoms with Gasteiger partial charge in [0, 0.05) is 23.0 Å². The lowest BCUT2D eigenvalue weighted by Crippen LogP contribution is -2.48. The van der Waals surface area contributed by atoms with Crippen LogP contribution >= 0.6 is 22.6 Å². The van der Waals surface area contributed by atoms with Crippen molar-refractivity contribution in [3.8, 4) is 0 Å². The Kier molecular flexibility index (Phi) is 13.5. The number of carbonyl (C=O) groups excluding carboxylic acids is 3. The minimum absolute atomic E-state index is 0.0160. The lowest BCUT2D eigenvalue weighted by Gasteiger charge is -2.19. The highest BCUT2D eigenvalue weighted by atomic mass is 127. The predicted octanol–water partition coefficient (Wildman–Crippen LogP) is 1.75. The van der Waals surface area contributed by atoms with E-state index in [2.05, 4.69) is 45.4 Å². The summed E-state index contributed by atoms with van der Waals surface area (Å²) in [6, 6.07) is 6.34. The highest BCUT2D eigenvalue weighted by Crippen LogP contribution is 2.10. The lowest BCUT2D eigenvalue weighted by atomic mass is 10.1. The lowest BCUT2D eigenvalue weighted by molar-refractivity contribution is -0.145. The number of carboxylic acid groups (broad SMARTS) is 1. The molecule has 2 atom stereocenters. The second kappa shape index (κ2) is 15.6. The Morgan fingerprint density at radius 3 is 2.38 bits per heavy atom. The third-order valence-electron chi connectivity index (χ3n) is 4.83. The van der Waals surface area contributed by atoms with Crippen molar-refractivity contribution in [2.75, 3.05) is 13.7 Å². The van der Waals surface area contributed by atoms with Gasteiger partial charge < -0.3 is 26.2 Å². The molecule has 0 aliphatic carbocycles. The number of hydrogen-bond acceptors (Lipinski definition) is 6. The molecule has 0 heterocycles. The highest BCUT2D eigenvalue weighted by Gasteiger charge is 2.24. The quantitative estimate of drug-likeness (QED) is 0.145. The van der Waals surface area contributed by atoms with Crippen LogP contribution in [0.4, 0.5) is 0 Å². The highest BCUT2D eigenvalue weighted by molar-refractivity contribution is 14.1. The van der Waals surface area contributed by atoms with Gasteiger partial charge in [0.2, 0.25) is 11.8 Å². The molecule has 0 saturated heterocycles. The van der Waals surface area contributed by atoms with Crippen molar-refractivity contribution in [3.63, 3.8) is 0 Å². The average Bonchev–Trinajstić information content (AvgIpc) is 2.76. The smallest absolute Gasteiger partial charge is 0.328 e. The molecule has 32 heavy (non-hydrogen) atoms. The molecule has 0 aliphatic rings. The standard InChI is InChI=1S/C22H32IN3O6/c1-32-22(31)18(26-21(30)17(24)12-13-20(28)29)6-2-3-14-25-19(27)7-4-5-15-8-10-16(23)11-9-15/h8-11,17-18H,2-7,12-14,24H2,1H3,(H,25,27)(H,26,30)(H,28,29)/t17-,18-/m0/s1. The second-order valence-corrected chi connectivity index (χ2v) is 8.69. The summed E-state index contributed by atoms with van der Waals surface area (Å²) in [5.74, 6) is -2.25. The van der Waals surface area contributed by atoms with E-state index in [1.165, 1.54) is 16.2 Å². The fourth-order valence-corrected chi connectivity index (χ4v) is 3.33.